The summed E-state index contributed by atoms with van der Waals surface area (Å²) < 4.78 is 5.47. The molecule has 0 saturated carbocycles. The Morgan fingerprint density at radius 3 is 2.81 bits per heavy atom. The van der Waals surface area contributed by atoms with Crippen molar-refractivity contribution in [1.29, 1.82) is 0 Å². The zero-order chi connectivity index (χ0) is 14.4. The predicted octanol–water partition coefficient (Wildman–Crippen LogP) is 3.84. The Labute approximate surface area is 126 Å². The Balaban J connectivity index is 1.77. The molecule has 0 spiro atoms. The molecular formula is C16H15N3OS. The molecule has 21 heavy (non-hydrogen) atoms. The second kappa shape index (κ2) is 4.70. The summed E-state index contributed by atoms with van der Waals surface area (Å²) >= 11 is 1.66. The largest absolute Gasteiger partial charge is 0.390 e. The minimum absolute atomic E-state index is 0.544. The molecule has 5 heteroatoms. The number of anilines is 1. The maximum absolute atomic E-state index is 6.14. The van der Waals surface area contributed by atoms with E-state index < -0.39 is 0 Å². The molecule has 0 bridgehead atoms. The van der Waals surface area contributed by atoms with Gasteiger partial charge < -0.3 is 10.3 Å². The minimum atomic E-state index is 0.544. The van der Waals surface area contributed by atoms with E-state index in [9.17, 15) is 0 Å². The summed E-state index contributed by atoms with van der Waals surface area (Å²) in [6, 6.07) is 8.10. The zero-order valence-electron chi connectivity index (χ0n) is 11.7. The fourth-order valence-electron chi connectivity index (χ4n) is 2.80. The van der Waals surface area contributed by atoms with Crippen LogP contribution in [0.5, 0.6) is 0 Å². The average molecular weight is 297 g/mol. The fraction of sp³-hybridized carbons (Fsp3) is 0.250. The van der Waals surface area contributed by atoms with Gasteiger partial charge in [0.05, 0.1) is 10.6 Å². The molecule has 0 radical (unpaired) electrons. The van der Waals surface area contributed by atoms with Crippen LogP contribution in [0.15, 0.2) is 28.8 Å². The Kier molecular flexibility index (Phi) is 2.82. The number of nitrogens with zero attached hydrogens (tertiary/aromatic N) is 2. The summed E-state index contributed by atoms with van der Waals surface area (Å²) in [6.45, 7) is 2.06. The lowest BCUT2D eigenvalue weighted by molar-refractivity contribution is 0.432. The molecule has 4 rings (SSSR count). The van der Waals surface area contributed by atoms with Crippen LogP contribution in [-0.4, -0.2) is 10.1 Å². The van der Waals surface area contributed by atoms with Crippen molar-refractivity contribution in [3.63, 3.8) is 0 Å². The van der Waals surface area contributed by atoms with E-state index in [0.717, 1.165) is 29.0 Å². The number of thiophene rings is 1. The molecule has 1 aromatic carbocycles. The summed E-state index contributed by atoms with van der Waals surface area (Å²) in [4.78, 5) is 5.91. The van der Waals surface area contributed by atoms with Crippen LogP contribution >= 0.6 is 11.3 Å². The van der Waals surface area contributed by atoms with E-state index >= 15 is 0 Å². The molecule has 0 atom stereocenters. The minimum Gasteiger partial charge on any atom is -0.390 e. The molecule has 1 aliphatic rings. The van der Waals surface area contributed by atoms with Gasteiger partial charge in [-0.1, -0.05) is 35.0 Å². The van der Waals surface area contributed by atoms with Crippen LogP contribution in [-0.2, 0) is 12.8 Å². The van der Waals surface area contributed by atoms with E-state index in [2.05, 4.69) is 17.1 Å². The molecule has 0 fully saturated rings. The van der Waals surface area contributed by atoms with Crippen molar-refractivity contribution in [2.45, 2.75) is 26.2 Å². The number of nitrogen functional groups attached to an aromatic ring is 1. The number of benzene rings is 1. The first-order chi connectivity index (χ1) is 10.2. The van der Waals surface area contributed by atoms with Crippen molar-refractivity contribution in [2.75, 3.05) is 5.73 Å². The van der Waals surface area contributed by atoms with Gasteiger partial charge in [-0.05, 0) is 31.7 Å². The molecule has 2 heterocycles. The van der Waals surface area contributed by atoms with E-state index in [4.69, 9.17) is 10.3 Å². The maximum atomic E-state index is 6.14. The van der Waals surface area contributed by atoms with Gasteiger partial charge in [0.15, 0.2) is 0 Å². The third-order valence-corrected chi connectivity index (χ3v) is 5.02. The number of nitrogens with two attached hydrogens (primary N) is 1. The first kappa shape index (κ1) is 12.6. The first-order valence-corrected chi connectivity index (χ1v) is 7.85. The first-order valence-electron chi connectivity index (χ1n) is 7.03. The van der Waals surface area contributed by atoms with Gasteiger partial charge >= 0.3 is 0 Å². The number of aryl methyl sites for hydroxylation is 2. The Morgan fingerprint density at radius 1 is 1.19 bits per heavy atom. The highest BCUT2D eigenvalue weighted by Crippen LogP contribution is 2.43. The molecule has 2 aromatic heterocycles. The monoisotopic (exact) mass is 297 g/mol. The van der Waals surface area contributed by atoms with Crippen LogP contribution in [0.4, 0.5) is 5.00 Å². The number of fused-ring (bicyclic) bond motifs is 1. The summed E-state index contributed by atoms with van der Waals surface area (Å²) in [6.07, 6.45) is 3.36. The standard InChI is InChI=1S/C16H15N3OS/c1-9-5-7-10(8-6-9)15-18-16(20-19-15)13-11-3-2-4-12(11)21-14(13)17/h5-8H,2-4,17H2,1H3. The van der Waals surface area contributed by atoms with Gasteiger partial charge in [-0.15, -0.1) is 11.3 Å². The molecule has 106 valence electrons. The quantitative estimate of drug-likeness (QED) is 0.780. The molecule has 0 unspecified atom stereocenters. The van der Waals surface area contributed by atoms with Crippen molar-refractivity contribution in [3.05, 3.63) is 40.3 Å². The molecular weight excluding hydrogens is 282 g/mol. The summed E-state index contributed by atoms with van der Waals surface area (Å²) in [7, 11) is 0. The summed E-state index contributed by atoms with van der Waals surface area (Å²) in [5.41, 5.74) is 10.6. The lowest BCUT2D eigenvalue weighted by atomic mass is 10.1. The summed E-state index contributed by atoms with van der Waals surface area (Å²) in [5.74, 6) is 1.16. The Morgan fingerprint density at radius 2 is 2.00 bits per heavy atom. The topological polar surface area (TPSA) is 64.9 Å². The molecule has 2 N–H and O–H groups in total. The van der Waals surface area contributed by atoms with Crippen molar-refractivity contribution in [1.82, 2.24) is 10.1 Å². The van der Waals surface area contributed by atoms with Crippen molar-refractivity contribution in [2.24, 2.45) is 0 Å². The van der Waals surface area contributed by atoms with E-state index in [-0.39, 0.29) is 0 Å². The zero-order valence-corrected chi connectivity index (χ0v) is 12.5. The van der Waals surface area contributed by atoms with Gasteiger partial charge in [-0.25, -0.2) is 0 Å². The van der Waals surface area contributed by atoms with Crippen LogP contribution in [0.25, 0.3) is 22.8 Å². The van der Waals surface area contributed by atoms with E-state index in [0.29, 0.717) is 11.7 Å². The van der Waals surface area contributed by atoms with Crippen LogP contribution in [0.2, 0.25) is 0 Å². The van der Waals surface area contributed by atoms with Gasteiger partial charge in [0.25, 0.3) is 5.89 Å². The number of rotatable bonds is 2. The number of aromatic nitrogens is 2. The van der Waals surface area contributed by atoms with Crippen LogP contribution in [0.1, 0.15) is 22.4 Å². The molecule has 1 aliphatic carbocycles. The molecule has 0 aliphatic heterocycles. The van der Waals surface area contributed by atoms with Crippen LogP contribution in [0, 0.1) is 6.92 Å². The Bertz CT molecular complexity index is 802. The molecule has 3 aromatic rings. The Hall–Kier alpha value is -2.14. The lowest BCUT2D eigenvalue weighted by Gasteiger charge is -1.97. The van der Waals surface area contributed by atoms with Crippen LogP contribution in [0.3, 0.4) is 0 Å². The van der Waals surface area contributed by atoms with Crippen molar-refractivity contribution in [3.8, 4) is 22.8 Å². The highest BCUT2D eigenvalue weighted by atomic mass is 32.1. The van der Waals surface area contributed by atoms with Crippen LogP contribution < -0.4 is 5.73 Å². The highest BCUT2D eigenvalue weighted by Gasteiger charge is 2.25. The lowest BCUT2D eigenvalue weighted by Crippen LogP contribution is -1.88. The number of hydrogen-bond donors (Lipinski definition) is 1. The predicted molar refractivity (Wildman–Crippen MR) is 84.2 cm³/mol. The van der Waals surface area contributed by atoms with Gasteiger partial charge in [0, 0.05) is 10.4 Å². The highest BCUT2D eigenvalue weighted by molar-refractivity contribution is 7.16. The van der Waals surface area contributed by atoms with E-state index in [1.807, 2.05) is 24.3 Å². The molecule has 0 amide bonds. The van der Waals surface area contributed by atoms with Crippen molar-refractivity contribution < 1.29 is 4.52 Å². The fourth-order valence-corrected chi connectivity index (χ4v) is 3.96. The van der Waals surface area contributed by atoms with Gasteiger partial charge in [0.2, 0.25) is 5.82 Å². The third kappa shape index (κ3) is 2.05. The normalized spacial score (nSPS) is 13.6. The number of hydrogen-bond acceptors (Lipinski definition) is 5. The smallest absolute Gasteiger partial charge is 0.261 e. The van der Waals surface area contributed by atoms with E-state index in [1.165, 1.54) is 22.4 Å². The van der Waals surface area contributed by atoms with E-state index in [1.54, 1.807) is 11.3 Å². The second-order valence-corrected chi connectivity index (χ2v) is 6.52. The van der Waals surface area contributed by atoms with Gasteiger partial charge in [-0.3, -0.25) is 0 Å². The summed E-state index contributed by atoms with van der Waals surface area (Å²) in [5, 5.41) is 4.89. The van der Waals surface area contributed by atoms with Gasteiger partial charge in [0.1, 0.15) is 0 Å². The molecule has 4 nitrogen and oxygen atoms in total. The SMILES string of the molecule is Cc1ccc(-c2noc(-c3c(N)sc4c3CCC4)n2)cc1. The average Bonchev–Trinajstić information content (AvgIpc) is 3.15. The van der Waals surface area contributed by atoms with Crippen molar-refractivity contribution >= 4 is 16.3 Å². The maximum Gasteiger partial charge on any atom is 0.261 e. The van der Waals surface area contributed by atoms with Gasteiger partial charge in [-0.2, -0.15) is 4.98 Å². The second-order valence-electron chi connectivity index (χ2n) is 5.39. The third-order valence-electron chi connectivity index (χ3n) is 3.90. The molecule has 0 saturated heterocycles.